The highest BCUT2D eigenvalue weighted by atomic mass is 16.5. The summed E-state index contributed by atoms with van der Waals surface area (Å²) in [6.07, 6.45) is 3.42. The molecule has 0 spiro atoms. The largest absolute Gasteiger partial charge is 0.481 e. The number of piperidine rings is 1. The molecular weight excluding hydrogens is 206 g/mol. The Bertz CT molecular complexity index is 253. The number of carboxylic acid groups (broad SMARTS) is 1. The van der Waals surface area contributed by atoms with Gasteiger partial charge < -0.3 is 14.7 Å². The van der Waals surface area contributed by atoms with Gasteiger partial charge in [-0.2, -0.15) is 0 Å². The Morgan fingerprint density at radius 1 is 1.31 bits per heavy atom. The van der Waals surface area contributed by atoms with E-state index in [1.54, 1.807) is 0 Å². The van der Waals surface area contributed by atoms with E-state index in [1.807, 2.05) is 0 Å². The van der Waals surface area contributed by atoms with Crippen molar-refractivity contribution in [3.8, 4) is 0 Å². The molecule has 0 saturated carbocycles. The van der Waals surface area contributed by atoms with E-state index >= 15 is 0 Å². The molecule has 4 nitrogen and oxygen atoms in total. The van der Waals surface area contributed by atoms with Crippen molar-refractivity contribution in [1.29, 1.82) is 0 Å². The first-order chi connectivity index (χ1) is 7.65. The zero-order valence-corrected chi connectivity index (χ0v) is 9.95. The highest BCUT2D eigenvalue weighted by molar-refractivity contribution is 5.75. The quantitative estimate of drug-likeness (QED) is 0.770. The Balaban J connectivity index is 2.09. The van der Waals surface area contributed by atoms with Crippen LogP contribution in [-0.2, 0) is 9.53 Å². The van der Waals surface area contributed by atoms with E-state index in [-0.39, 0.29) is 0 Å². The molecule has 4 heteroatoms. The Hall–Kier alpha value is -0.610. The van der Waals surface area contributed by atoms with E-state index in [0.717, 1.165) is 25.9 Å². The van der Waals surface area contributed by atoms with Gasteiger partial charge in [-0.25, -0.2) is 0 Å². The lowest BCUT2D eigenvalue weighted by atomic mass is 9.66. The Morgan fingerprint density at radius 3 is 2.38 bits per heavy atom. The lowest BCUT2D eigenvalue weighted by Gasteiger charge is -2.43. The van der Waals surface area contributed by atoms with Crippen molar-refractivity contribution in [3.05, 3.63) is 0 Å². The van der Waals surface area contributed by atoms with Crippen molar-refractivity contribution in [2.45, 2.75) is 25.7 Å². The Kier molecular flexibility index (Phi) is 3.50. The number of carbonyl (C=O) groups is 1. The molecule has 2 heterocycles. The van der Waals surface area contributed by atoms with E-state index in [0.29, 0.717) is 32.0 Å². The maximum atomic E-state index is 11.6. The van der Waals surface area contributed by atoms with Gasteiger partial charge in [0.25, 0.3) is 0 Å². The predicted molar refractivity (Wildman–Crippen MR) is 60.3 cm³/mol. The molecule has 2 fully saturated rings. The maximum Gasteiger partial charge on any atom is 0.310 e. The third-order valence-corrected chi connectivity index (χ3v) is 4.31. The first-order valence-corrected chi connectivity index (χ1v) is 6.15. The van der Waals surface area contributed by atoms with Gasteiger partial charge in [-0.3, -0.25) is 4.79 Å². The van der Waals surface area contributed by atoms with Crippen LogP contribution in [-0.4, -0.2) is 49.3 Å². The number of rotatable bonds is 2. The number of aliphatic carboxylic acids is 1. The number of ether oxygens (including phenoxy) is 1. The van der Waals surface area contributed by atoms with Crippen molar-refractivity contribution < 1.29 is 14.6 Å². The molecule has 2 aliphatic heterocycles. The van der Waals surface area contributed by atoms with Gasteiger partial charge in [-0.15, -0.1) is 0 Å². The molecular formula is C12H21NO3. The summed E-state index contributed by atoms with van der Waals surface area (Å²) >= 11 is 0. The molecule has 0 atom stereocenters. The summed E-state index contributed by atoms with van der Waals surface area (Å²) in [4.78, 5) is 13.9. The standard InChI is InChI=1S/C12H21NO3/c1-13-6-2-10(3-7-13)12(11(14)15)4-8-16-9-5-12/h10H,2-9H2,1H3,(H,14,15). The Labute approximate surface area is 96.6 Å². The Morgan fingerprint density at radius 2 is 1.88 bits per heavy atom. The summed E-state index contributed by atoms with van der Waals surface area (Å²) in [5.41, 5.74) is -0.500. The fourth-order valence-electron chi connectivity index (χ4n) is 3.09. The number of carboxylic acids is 1. The molecule has 0 aromatic carbocycles. The monoisotopic (exact) mass is 227 g/mol. The topological polar surface area (TPSA) is 49.8 Å². The second-order valence-corrected chi connectivity index (χ2v) is 5.15. The number of hydrogen-bond donors (Lipinski definition) is 1. The van der Waals surface area contributed by atoms with Crippen LogP contribution >= 0.6 is 0 Å². The average molecular weight is 227 g/mol. The van der Waals surface area contributed by atoms with Gasteiger partial charge in [0.05, 0.1) is 5.41 Å². The van der Waals surface area contributed by atoms with Gasteiger partial charge >= 0.3 is 5.97 Å². The van der Waals surface area contributed by atoms with Crippen LogP contribution in [0.3, 0.4) is 0 Å². The van der Waals surface area contributed by atoms with Crippen LogP contribution in [0.4, 0.5) is 0 Å². The second kappa shape index (κ2) is 4.72. The molecule has 16 heavy (non-hydrogen) atoms. The normalized spacial score (nSPS) is 27.8. The van der Waals surface area contributed by atoms with Gasteiger partial charge in [0.15, 0.2) is 0 Å². The van der Waals surface area contributed by atoms with Crippen LogP contribution in [0.15, 0.2) is 0 Å². The fourth-order valence-corrected chi connectivity index (χ4v) is 3.09. The van der Waals surface area contributed by atoms with Crippen molar-refractivity contribution in [3.63, 3.8) is 0 Å². The SMILES string of the molecule is CN1CCC(C2(C(=O)O)CCOCC2)CC1. The summed E-state index contributed by atoms with van der Waals surface area (Å²) in [6.45, 7) is 3.28. The van der Waals surface area contributed by atoms with Gasteiger partial charge in [-0.05, 0) is 51.7 Å². The summed E-state index contributed by atoms with van der Waals surface area (Å²) in [6, 6.07) is 0. The summed E-state index contributed by atoms with van der Waals surface area (Å²) in [5.74, 6) is -0.268. The van der Waals surface area contributed by atoms with Crippen LogP contribution in [0.1, 0.15) is 25.7 Å². The van der Waals surface area contributed by atoms with E-state index in [2.05, 4.69) is 11.9 Å². The van der Waals surface area contributed by atoms with E-state index in [1.165, 1.54) is 0 Å². The second-order valence-electron chi connectivity index (χ2n) is 5.15. The lowest BCUT2D eigenvalue weighted by Crippen LogP contribution is -2.47. The van der Waals surface area contributed by atoms with Gasteiger partial charge in [-0.1, -0.05) is 0 Å². The third kappa shape index (κ3) is 2.09. The minimum Gasteiger partial charge on any atom is -0.481 e. The zero-order chi connectivity index (χ0) is 11.6. The molecule has 1 N–H and O–H groups in total. The van der Waals surface area contributed by atoms with Gasteiger partial charge in [0.1, 0.15) is 0 Å². The predicted octanol–water partition coefficient (Wildman–Crippen LogP) is 1.21. The van der Waals surface area contributed by atoms with E-state index in [4.69, 9.17) is 4.74 Å². The molecule has 0 aromatic rings. The molecule has 0 unspecified atom stereocenters. The van der Waals surface area contributed by atoms with Crippen molar-refractivity contribution in [2.75, 3.05) is 33.4 Å². The van der Waals surface area contributed by atoms with Gasteiger partial charge in [0, 0.05) is 13.2 Å². The fraction of sp³-hybridized carbons (Fsp3) is 0.917. The molecule has 0 bridgehead atoms. The van der Waals surface area contributed by atoms with Crippen LogP contribution in [0.2, 0.25) is 0 Å². The number of hydrogen-bond acceptors (Lipinski definition) is 3. The summed E-state index contributed by atoms with van der Waals surface area (Å²) in [5, 5.41) is 9.54. The van der Waals surface area contributed by atoms with Gasteiger partial charge in [0.2, 0.25) is 0 Å². The third-order valence-electron chi connectivity index (χ3n) is 4.31. The molecule has 0 aliphatic carbocycles. The summed E-state index contributed by atoms with van der Waals surface area (Å²) in [7, 11) is 2.10. The van der Waals surface area contributed by atoms with E-state index < -0.39 is 11.4 Å². The van der Waals surface area contributed by atoms with Crippen LogP contribution in [0, 0.1) is 11.3 Å². The number of nitrogens with zero attached hydrogens (tertiary/aromatic N) is 1. The molecule has 0 amide bonds. The molecule has 2 aliphatic rings. The van der Waals surface area contributed by atoms with Crippen molar-refractivity contribution >= 4 is 5.97 Å². The van der Waals surface area contributed by atoms with Crippen LogP contribution < -0.4 is 0 Å². The van der Waals surface area contributed by atoms with E-state index in [9.17, 15) is 9.90 Å². The summed E-state index contributed by atoms with van der Waals surface area (Å²) < 4.78 is 5.31. The van der Waals surface area contributed by atoms with Crippen molar-refractivity contribution in [2.24, 2.45) is 11.3 Å². The first-order valence-electron chi connectivity index (χ1n) is 6.15. The smallest absolute Gasteiger partial charge is 0.310 e. The number of likely N-dealkylation sites (tertiary alicyclic amines) is 1. The first kappa shape index (κ1) is 11.9. The molecule has 0 aromatic heterocycles. The lowest BCUT2D eigenvalue weighted by molar-refractivity contribution is -0.162. The van der Waals surface area contributed by atoms with Crippen LogP contribution in [0.25, 0.3) is 0 Å². The molecule has 92 valence electrons. The highest BCUT2D eigenvalue weighted by Crippen LogP contribution is 2.43. The molecule has 0 radical (unpaired) electrons. The minimum absolute atomic E-state index is 0.338. The van der Waals surface area contributed by atoms with Crippen molar-refractivity contribution in [1.82, 2.24) is 4.90 Å². The van der Waals surface area contributed by atoms with Crippen LogP contribution in [0.5, 0.6) is 0 Å². The molecule has 2 rings (SSSR count). The average Bonchev–Trinajstić information content (AvgIpc) is 2.30. The minimum atomic E-state index is -0.606. The maximum absolute atomic E-state index is 11.6. The zero-order valence-electron chi connectivity index (χ0n) is 9.95. The highest BCUT2D eigenvalue weighted by Gasteiger charge is 2.47. The molecule has 2 saturated heterocycles.